The Labute approximate surface area is 134 Å². The molecule has 1 aliphatic carbocycles. The fraction of sp³-hybridized carbons (Fsp3) is 0.600. The summed E-state index contributed by atoms with van der Waals surface area (Å²) in [7, 11) is 0. The van der Waals surface area contributed by atoms with Crippen LogP contribution >= 0.6 is 22.9 Å². The average Bonchev–Trinajstić information content (AvgIpc) is 2.86. The molecule has 2 N–H and O–H groups in total. The van der Waals surface area contributed by atoms with Crippen LogP contribution in [0.15, 0.2) is 6.07 Å². The molecule has 0 radical (unpaired) electrons. The van der Waals surface area contributed by atoms with Crippen molar-refractivity contribution >= 4 is 34.8 Å². The highest BCUT2D eigenvalue weighted by molar-refractivity contribution is 7.14. The van der Waals surface area contributed by atoms with E-state index in [1.54, 1.807) is 0 Å². The molecule has 0 spiro atoms. The van der Waals surface area contributed by atoms with Crippen LogP contribution in [0.3, 0.4) is 0 Å². The van der Waals surface area contributed by atoms with E-state index < -0.39 is 5.91 Å². The number of nitrogens with one attached hydrogen (secondary N) is 2. The topological polar surface area (TPSA) is 58.2 Å². The largest absolute Gasteiger partial charge is 0.279 e. The van der Waals surface area contributed by atoms with Crippen molar-refractivity contribution in [3.05, 3.63) is 21.4 Å². The molecule has 2 amide bonds. The maximum absolute atomic E-state index is 12.0. The summed E-state index contributed by atoms with van der Waals surface area (Å²) < 4.78 is 0. The Morgan fingerprint density at radius 2 is 2.10 bits per heavy atom. The van der Waals surface area contributed by atoms with E-state index in [-0.39, 0.29) is 17.2 Å². The Morgan fingerprint density at radius 3 is 2.71 bits per heavy atom. The number of thiophene rings is 1. The summed E-state index contributed by atoms with van der Waals surface area (Å²) in [4.78, 5) is 25.0. The SMILES string of the molecule is CC(C)(C)[C@@H]1CCc2sc(C(=O)NNC(=O)CCl)cc2C1. The third kappa shape index (κ3) is 3.98. The van der Waals surface area contributed by atoms with E-state index in [0.29, 0.717) is 10.8 Å². The van der Waals surface area contributed by atoms with Gasteiger partial charge in [0.25, 0.3) is 11.8 Å². The van der Waals surface area contributed by atoms with Crippen molar-refractivity contribution in [2.45, 2.75) is 40.0 Å². The van der Waals surface area contributed by atoms with Crippen molar-refractivity contribution < 1.29 is 9.59 Å². The molecule has 0 saturated carbocycles. The Balaban J connectivity index is 2.04. The molecule has 0 unspecified atom stereocenters. The van der Waals surface area contributed by atoms with Crippen LogP contribution in [0.1, 0.15) is 47.3 Å². The van der Waals surface area contributed by atoms with Gasteiger partial charge in [-0.15, -0.1) is 22.9 Å². The number of hydrazine groups is 1. The van der Waals surface area contributed by atoms with Crippen LogP contribution in [0, 0.1) is 11.3 Å². The molecule has 0 aromatic carbocycles. The van der Waals surface area contributed by atoms with Gasteiger partial charge in [0.05, 0.1) is 4.88 Å². The minimum atomic E-state index is -0.417. The van der Waals surface area contributed by atoms with Crippen LogP contribution in [0.5, 0.6) is 0 Å². The quantitative estimate of drug-likeness (QED) is 0.648. The zero-order valence-electron chi connectivity index (χ0n) is 12.6. The van der Waals surface area contributed by atoms with Gasteiger partial charge < -0.3 is 0 Å². The predicted molar refractivity (Wildman–Crippen MR) is 85.6 cm³/mol. The van der Waals surface area contributed by atoms with Crippen LogP contribution in [-0.2, 0) is 17.6 Å². The van der Waals surface area contributed by atoms with Gasteiger partial charge in [-0.2, -0.15) is 0 Å². The number of halogens is 1. The number of carbonyl (C=O) groups is 2. The third-order valence-electron chi connectivity index (χ3n) is 3.97. The summed E-state index contributed by atoms with van der Waals surface area (Å²) in [5, 5.41) is 0. The fourth-order valence-corrected chi connectivity index (χ4v) is 3.77. The van der Waals surface area contributed by atoms with E-state index in [0.717, 1.165) is 12.8 Å². The first-order chi connectivity index (χ1) is 9.81. The summed E-state index contributed by atoms with van der Waals surface area (Å²) in [5.74, 6) is -0.222. The first-order valence-corrected chi connectivity index (χ1v) is 8.43. The van der Waals surface area contributed by atoms with Crippen molar-refractivity contribution in [3.8, 4) is 0 Å². The van der Waals surface area contributed by atoms with Gasteiger partial charge in [-0.1, -0.05) is 20.8 Å². The summed E-state index contributed by atoms with van der Waals surface area (Å²) >= 11 is 6.88. The second kappa shape index (κ2) is 6.36. The van der Waals surface area contributed by atoms with Gasteiger partial charge in [-0.05, 0) is 42.2 Å². The first kappa shape index (κ1) is 16.3. The van der Waals surface area contributed by atoms with Gasteiger partial charge in [0.1, 0.15) is 5.88 Å². The lowest BCUT2D eigenvalue weighted by Gasteiger charge is -2.33. The molecule has 116 valence electrons. The van der Waals surface area contributed by atoms with Crippen LogP contribution in [-0.4, -0.2) is 17.7 Å². The summed E-state index contributed by atoms with van der Waals surface area (Å²) in [6.45, 7) is 6.80. The van der Waals surface area contributed by atoms with Crippen molar-refractivity contribution in [1.82, 2.24) is 10.9 Å². The second-order valence-corrected chi connectivity index (χ2v) is 7.90. The van der Waals surface area contributed by atoms with Crippen molar-refractivity contribution in [2.75, 3.05) is 5.88 Å². The second-order valence-electron chi connectivity index (χ2n) is 6.50. The highest BCUT2D eigenvalue weighted by atomic mass is 35.5. The number of rotatable bonds is 2. The minimum Gasteiger partial charge on any atom is -0.272 e. The predicted octanol–water partition coefficient (Wildman–Crippen LogP) is 2.90. The number of aryl methyl sites for hydroxylation is 1. The van der Waals surface area contributed by atoms with Gasteiger partial charge in [0.2, 0.25) is 0 Å². The summed E-state index contributed by atoms with van der Waals surface area (Å²) in [6.07, 6.45) is 3.22. The summed E-state index contributed by atoms with van der Waals surface area (Å²) in [6, 6.07) is 1.96. The third-order valence-corrected chi connectivity index (χ3v) is 5.45. The highest BCUT2D eigenvalue weighted by Gasteiger charge is 2.30. The number of carbonyl (C=O) groups excluding carboxylic acids is 2. The molecule has 6 heteroatoms. The van der Waals surface area contributed by atoms with Crippen LogP contribution < -0.4 is 10.9 Å². The van der Waals surface area contributed by atoms with E-state index in [4.69, 9.17) is 11.6 Å². The molecule has 4 nitrogen and oxygen atoms in total. The fourth-order valence-electron chi connectivity index (χ4n) is 2.60. The van der Waals surface area contributed by atoms with Crippen molar-refractivity contribution in [1.29, 1.82) is 0 Å². The normalized spacial score (nSPS) is 18.0. The smallest absolute Gasteiger partial charge is 0.272 e. The molecule has 1 aromatic rings. The van der Waals surface area contributed by atoms with Gasteiger partial charge in [0, 0.05) is 4.88 Å². The van der Waals surface area contributed by atoms with Crippen molar-refractivity contribution in [2.24, 2.45) is 11.3 Å². The van der Waals surface area contributed by atoms with Gasteiger partial charge in [-0.25, -0.2) is 0 Å². The van der Waals surface area contributed by atoms with Gasteiger partial charge in [-0.3, -0.25) is 20.4 Å². The van der Waals surface area contributed by atoms with Gasteiger partial charge in [0.15, 0.2) is 0 Å². The molecule has 2 rings (SSSR count). The monoisotopic (exact) mass is 328 g/mol. The molecule has 1 atom stereocenters. The Hall–Kier alpha value is -1.07. The average molecular weight is 329 g/mol. The van der Waals surface area contributed by atoms with E-state index in [9.17, 15) is 9.59 Å². The molecule has 21 heavy (non-hydrogen) atoms. The Kier molecular flexibility index (Phi) is 4.94. The minimum absolute atomic E-state index is 0.172. The van der Waals surface area contributed by atoms with Crippen LogP contribution in [0.2, 0.25) is 0 Å². The standard InChI is InChI=1S/C15H21ClN2O2S/c1-15(2,3)10-4-5-11-9(6-10)7-12(21-11)14(20)18-17-13(19)8-16/h7,10H,4-6,8H2,1-3H3,(H,17,19)(H,18,20)/t10-/m1/s1. The molecule has 0 fully saturated rings. The van der Waals surface area contributed by atoms with Crippen LogP contribution in [0.4, 0.5) is 0 Å². The lowest BCUT2D eigenvalue weighted by Crippen LogP contribution is -2.41. The van der Waals surface area contributed by atoms with Crippen molar-refractivity contribution in [3.63, 3.8) is 0 Å². The Bertz CT molecular complexity index is 548. The molecule has 1 heterocycles. The first-order valence-electron chi connectivity index (χ1n) is 7.08. The Morgan fingerprint density at radius 1 is 1.38 bits per heavy atom. The number of alkyl halides is 1. The zero-order valence-corrected chi connectivity index (χ0v) is 14.2. The number of hydrogen-bond donors (Lipinski definition) is 2. The van der Waals surface area contributed by atoms with Gasteiger partial charge >= 0.3 is 0 Å². The molecule has 0 bridgehead atoms. The zero-order chi connectivity index (χ0) is 15.6. The maximum Gasteiger partial charge on any atom is 0.279 e. The number of hydrogen-bond acceptors (Lipinski definition) is 3. The summed E-state index contributed by atoms with van der Waals surface area (Å²) in [5.41, 5.74) is 6.23. The van der Waals surface area contributed by atoms with E-state index >= 15 is 0 Å². The lowest BCUT2D eigenvalue weighted by molar-refractivity contribution is -0.119. The number of fused-ring (bicyclic) bond motifs is 1. The molecule has 1 aromatic heterocycles. The molecule has 0 saturated heterocycles. The molecular weight excluding hydrogens is 308 g/mol. The van der Waals surface area contributed by atoms with E-state index in [2.05, 4.69) is 31.6 Å². The maximum atomic E-state index is 12.0. The number of amides is 2. The van der Waals surface area contributed by atoms with Crippen LogP contribution in [0.25, 0.3) is 0 Å². The lowest BCUT2D eigenvalue weighted by atomic mass is 9.72. The molecule has 1 aliphatic rings. The highest BCUT2D eigenvalue weighted by Crippen LogP contribution is 2.39. The van der Waals surface area contributed by atoms with E-state index in [1.807, 2.05) is 6.07 Å². The molecular formula is C15H21ClN2O2S. The molecule has 0 aliphatic heterocycles. The van der Waals surface area contributed by atoms with E-state index in [1.165, 1.54) is 28.2 Å².